The lowest BCUT2D eigenvalue weighted by Gasteiger charge is -2.21. The second-order valence-corrected chi connectivity index (χ2v) is 3.92. The van der Waals surface area contributed by atoms with Crippen LogP contribution in [0.4, 0.5) is 4.39 Å². The first-order valence-electron chi connectivity index (χ1n) is 5.28. The average molecular weight is 207 g/mol. The zero-order valence-corrected chi connectivity index (χ0v) is 8.50. The number of halogens is 1. The van der Waals surface area contributed by atoms with E-state index in [9.17, 15) is 9.18 Å². The van der Waals surface area contributed by atoms with Crippen LogP contribution in [0.25, 0.3) is 0 Å². The molecule has 2 rings (SSSR count). The van der Waals surface area contributed by atoms with Gasteiger partial charge in [-0.3, -0.25) is 4.79 Å². The lowest BCUT2D eigenvalue weighted by molar-refractivity contribution is 0.0899. The van der Waals surface area contributed by atoms with Crippen molar-refractivity contribution in [3.8, 4) is 0 Å². The molecular formula is C12H14FNO. The van der Waals surface area contributed by atoms with Crippen LogP contribution in [0.3, 0.4) is 0 Å². The van der Waals surface area contributed by atoms with Gasteiger partial charge in [0.1, 0.15) is 5.82 Å². The Hall–Kier alpha value is -1.22. The Morgan fingerprint density at radius 1 is 1.47 bits per heavy atom. The molecule has 2 nitrogen and oxygen atoms in total. The topological polar surface area (TPSA) is 29.1 Å². The number of hydrogen-bond donors (Lipinski definition) is 1. The van der Waals surface area contributed by atoms with E-state index in [0.29, 0.717) is 5.56 Å². The molecule has 1 aliphatic heterocycles. The number of hydrogen-bond acceptors (Lipinski definition) is 2. The zero-order chi connectivity index (χ0) is 10.7. The van der Waals surface area contributed by atoms with E-state index in [1.165, 1.54) is 12.1 Å². The molecule has 0 unspecified atom stereocenters. The minimum Gasteiger partial charge on any atom is -0.316 e. The molecule has 0 spiro atoms. The predicted octanol–water partition coefficient (Wildman–Crippen LogP) is 2.01. The van der Waals surface area contributed by atoms with Crippen molar-refractivity contribution in [2.24, 2.45) is 5.92 Å². The third-order valence-electron chi connectivity index (χ3n) is 2.78. The highest BCUT2D eigenvalue weighted by Crippen LogP contribution is 2.17. The number of carbonyl (C=O) groups excluding carboxylic acids is 1. The maximum absolute atomic E-state index is 12.9. The van der Waals surface area contributed by atoms with Crippen LogP contribution < -0.4 is 5.32 Å². The SMILES string of the molecule is O=C(c1cccc(F)c1)[C@H]1CCCNC1. The molecule has 1 aromatic rings. The summed E-state index contributed by atoms with van der Waals surface area (Å²) in [6.45, 7) is 1.70. The van der Waals surface area contributed by atoms with Crippen LogP contribution in [0.1, 0.15) is 23.2 Å². The normalized spacial score (nSPS) is 21.3. The highest BCUT2D eigenvalue weighted by molar-refractivity contribution is 5.98. The van der Waals surface area contributed by atoms with Gasteiger partial charge in [0.25, 0.3) is 0 Å². The molecule has 0 bridgehead atoms. The Morgan fingerprint density at radius 3 is 3.00 bits per heavy atom. The highest BCUT2D eigenvalue weighted by Gasteiger charge is 2.22. The summed E-state index contributed by atoms with van der Waals surface area (Å²) >= 11 is 0. The molecule has 1 aliphatic rings. The predicted molar refractivity (Wildman–Crippen MR) is 56.3 cm³/mol. The Kier molecular flexibility index (Phi) is 3.11. The van der Waals surface area contributed by atoms with E-state index < -0.39 is 0 Å². The van der Waals surface area contributed by atoms with E-state index in [4.69, 9.17) is 0 Å². The molecule has 1 heterocycles. The number of Topliss-reactive ketones (excluding diaryl/α,β-unsaturated/α-hetero) is 1. The molecule has 15 heavy (non-hydrogen) atoms. The summed E-state index contributed by atoms with van der Waals surface area (Å²) in [5, 5.41) is 3.19. The molecule has 0 aromatic heterocycles. The fraction of sp³-hybridized carbons (Fsp3) is 0.417. The monoisotopic (exact) mass is 207 g/mol. The maximum atomic E-state index is 12.9. The largest absolute Gasteiger partial charge is 0.316 e. The lowest BCUT2D eigenvalue weighted by Crippen LogP contribution is -2.34. The number of benzene rings is 1. The van der Waals surface area contributed by atoms with Crippen molar-refractivity contribution < 1.29 is 9.18 Å². The Bertz CT molecular complexity index is 358. The van der Waals surface area contributed by atoms with Crippen molar-refractivity contribution >= 4 is 5.78 Å². The summed E-state index contributed by atoms with van der Waals surface area (Å²) in [6.07, 6.45) is 1.92. The molecule has 1 saturated heterocycles. The van der Waals surface area contributed by atoms with E-state index >= 15 is 0 Å². The van der Waals surface area contributed by atoms with E-state index in [0.717, 1.165) is 25.9 Å². The van der Waals surface area contributed by atoms with Gasteiger partial charge in [0.15, 0.2) is 5.78 Å². The van der Waals surface area contributed by atoms with Crippen LogP contribution in [-0.4, -0.2) is 18.9 Å². The minimum absolute atomic E-state index is 0.0144. The third-order valence-corrected chi connectivity index (χ3v) is 2.78. The smallest absolute Gasteiger partial charge is 0.167 e. The Morgan fingerprint density at radius 2 is 2.33 bits per heavy atom. The number of rotatable bonds is 2. The number of piperidine rings is 1. The molecular weight excluding hydrogens is 193 g/mol. The second-order valence-electron chi connectivity index (χ2n) is 3.92. The van der Waals surface area contributed by atoms with Gasteiger partial charge in [-0.05, 0) is 31.5 Å². The van der Waals surface area contributed by atoms with Crippen molar-refractivity contribution in [3.05, 3.63) is 35.6 Å². The summed E-state index contributed by atoms with van der Waals surface area (Å²) in [7, 11) is 0. The van der Waals surface area contributed by atoms with Gasteiger partial charge in [-0.15, -0.1) is 0 Å². The van der Waals surface area contributed by atoms with Crippen LogP contribution in [0.2, 0.25) is 0 Å². The summed E-state index contributed by atoms with van der Waals surface area (Å²) in [6, 6.07) is 5.94. The molecule has 0 amide bonds. The average Bonchev–Trinajstić information content (AvgIpc) is 2.29. The second kappa shape index (κ2) is 4.53. The first-order valence-corrected chi connectivity index (χ1v) is 5.28. The van der Waals surface area contributed by atoms with Gasteiger partial charge in [-0.1, -0.05) is 12.1 Å². The zero-order valence-electron chi connectivity index (χ0n) is 8.50. The summed E-state index contributed by atoms with van der Waals surface area (Å²) in [4.78, 5) is 11.9. The van der Waals surface area contributed by atoms with Gasteiger partial charge in [0.2, 0.25) is 0 Å². The summed E-state index contributed by atoms with van der Waals surface area (Å²) < 4.78 is 12.9. The van der Waals surface area contributed by atoms with Gasteiger partial charge >= 0.3 is 0 Å². The minimum atomic E-state index is -0.343. The molecule has 80 valence electrons. The highest BCUT2D eigenvalue weighted by atomic mass is 19.1. The van der Waals surface area contributed by atoms with Gasteiger partial charge in [0, 0.05) is 18.0 Å². The van der Waals surface area contributed by atoms with Crippen LogP contribution >= 0.6 is 0 Å². The van der Waals surface area contributed by atoms with Crippen molar-refractivity contribution in [3.63, 3.8) is 0 Å². The van der Waals surface area contributed by atoms with Crippen molar-refractivity contribution in [2.45, 2.75) is 12.8 Å². The first-order chi connectivity index (χ1) is 7.27. The maximum Gasteiger partial charge on any atom is 0.167 e. The molecule has 0 aliphatic carbocycles. The van der Waals surface area contributed by atoms with E-state index in [2.05, 4.69) is 5.32 Å². The van der Waals surface area contributed by atoms with Gasteiger partial charge in [-0.2, -0.15) is 0 Å². The van der Waals surface area contributed by atoms with E-state index in [-0.39, 0.29) is 17.5 Å². The van der Waals surface area contributed by atoms with Crippen molar-refractivity contribution in [1.29, 1.82) is 0 Å². The fourth-order valence-electron chi connectivity index (χ4n) is 1.95. The molecule has 0 radical (unpaired) electrons. The van der Waals surface area contributed by atoms with Gasteiger partial charge < -0.3 is 5.32 Å². The van der Waals surface area contributed by atoms with Crippen LogP contribution in [0.5, 0.6) is 0 Å². The van der Waals surface area contributed by atoms with Crippen LogP contribution in [-0.2, 0) is 0 Å². The molecule has 3 heteroatoms. The molecule has 1 atom stereocenters. The number of ketones is 1. The number of carbonyl (C=O) groups is 1. The standard InChI is InChI=1S/C12H14FNO/c13-11-5-1-3-9(7-11)12(15)10-4-2-6-14-8-10/h1,3,5,7,10,14H,2,4,6,8H2/t10-/m0/s1. The van der Waals surface area contributed by atoms with Crippen molar-refractivity contribution in [2.75, 3.05) is 13.1 Å². The molecule has 0 saturated carbocycles. The van der Waals surface area contributed by atoms with Gasteiger partial charge in [0.05, 0.1) is 0 Å². The fourth-order valence-corrected chi connectivity index (χ4v) is 1.95. The van der Waals surface area contributed by atoms with E-state index in [1.807, 2.05) is 0 Å². The quantitative estimate of drug-likeness (QED) is 0.751. The van der Waals surface area contributed by atoms with Crippen LogP contribution in [0, 0.1) is 11.7 Å². The number of nitrogens with one attached hydrogen (secondary N) is 1. The first kappa shape index (κ1) is 10.3. The molecule has 1 fully saturated rings. The summed E-state index contributed by atoms with van der Waals surface area (Å²) in [5.41, 5.74) is 0.490. The van der Waals surface area contributed by atoms with Gasteiger partial charge in [-0.25, -0.2) is 4.39 Å². The Balaban J connectivity index is 2.12. The molecule has 1 aromatic carbocycles. The Labute approximate surface area is 88.5 Å². The van der Waals surface area contributed by atoms with E-state index in [1.54, 1.807) is 12.1 Å². The molecule has 1 N–H and O–H groups in total. The lowest BCUT2D eigenvalue weighted by atomic mass is 9.91. The van der Waals surface area contributed by atoms with Crippen LogP contribution in [0.15, 0.2) is 24.3 Å². The van der Waals surface area contributed by atoms with Crippen molar-refractivity contribution in [1.82, 2.24) is 5.32 Å². The third kappa shape index (κ3) is 2.42. The summed E-state index contributed by atoms with van der Waals surface area (Å²) in [5.74, 6) is -0.271.